The molecule has 3 atom stereocenters. The predicted molar refractivity (Wildman–Crippen MR) is 93.3 cm³/mol. The summed E-state index contributed by atoms with van der Waals surface area (Å²) in [5.41, 5.74) is 2.46. The van der Waals surface area contributed by atoms with Crippen molar-refractivity contribution in [2.75, 3.05) is 14.2 Å². The first-order valence-electron chi connectivity index (χ1n) is 7.71. The van der Waals surface area contributed by atoms with Crippen LogP contribution in [0.4, 0.5) is 0 Å². The van der Waals surface area contributed by atoms with Gasteiger partial charge in [-0.25, -0.2) is 5.06 Å². The summed E-state index contributed by atoms with van der Waals surface area (Å²) >= 11 is 1.78. The van der Waals surface area contributed by atoms with E-state index in [1.165, 1.54) is 28.2 Å². The molecule has 2 aromatic rings. The zero-order valence-electron chi connectivity index (χ0n) is 13.6. The first-order valence-corrected chi connectivity index (χ1v) is 8.59. The third-order valence-corrected chi connectivity index (χ3v) is 5.70. The zero-order valence-corrected chi connectivity index (χ0v) is 14.4. The van der Waals surface area contributed by atoms with Crippen LogP contribution in [-0.4, -0.2) is 30.4 Å². The van der Waals surface area contributed by atoms with Crippen molar-refractivity contribution in [3.05, 3.63) is 65.7 Å². The fraction of sp³-hybridized carbons (Fsp3) is 0.316. The molecule has 0 saturated heterocycles. The Hall–Kier alpha value is -1.78. The van der Waals surface area contributed by atoms with Gasteiger partial charge in [-0.1, -0.05) is 48.0 Å². The van der Waals surface area contributed by atoms with E-state index in [2.05, 4.69) is 43.3 Å². The Bertz CT molecular complexity index is 672. The van der Waals surface area contributed by atoms with Crippen LogP contribution in [0.1, 0.15) is 17.0 Å². The molecule has 0 aliphatic heterocycles. The van der Waals surface area contributed by atoms with Crippen molar-refractivity contribution >= 4 is 17.7 Å². The van der Waals surface area contributed by atoms with Gasteiger partial charge in [0.2, 0.25) is 0 Å². The van der Waals surface area contributed by atoms with Gasteiger partial charge < -0.3 is 0 Å². The van der Waals surface area contributed by atoms with E-state index in [0.717, 1.165) is 0 Å². The van der Waals surface area contributed by atoms with Gasteiger partial charge >= 0.3 is 0 Å². The van der Waals surface area contributed by atoms with Crippen LogP contribution in [0.2, 0.25) is 0 Å². The van der Waals surface area contributed by atoms with Gasteiger partial charge in [0.25, 0.3) is 5.91 Å². The number of amides is 1. The maximum atomic E-state index is 12.6. The molecule has 1 amide bonds. The van der Waals surface area contributed by atoms with Gasteiger partial charge in [0.15, 0.2) is 0 Å². The highest BCUT2D eigenvalue weighted by Gasteiger charge is 2.57. The summed E-state index contributed by atoms with van der Waals surface area (Å²) in [6.07, 6.45) is 0. The molecule has 1 aliphatic carbocycles. The Morgan fingerprint density at radius 3 is 2.35 bits per heavy atom. The summed E-state index contributed by atoms with van der Waals surface area (Å²) in [5, 5.41) is 1.60. The maximum Gasteiger partial charge on any atom is 0.250 e. The van der Waals surface area contributed by atoms with Crippen molar-refractivity contribution in [1.29, 1.82) is 0 Å². The van der Waals surface area contributed by atoms with E-state index in [1.54, 1.807) is 18.8 Å². The average molecular weight is 327 g/mol. The molecule has 0 bridgehead atoms. The van der Waals surface area contributed by atoms with Gasteiger partial charge in [-0.3, -0.25) is 9.63 Å². The molecular formula is C19H21NO2S. The molecule has 3 rings (SSSR count). The maximum absolute atomic E-state index is 12.6. The highest BCUT2D eigenvalue weighted by molar-refractivity contribution is 8.00. The lowest BCUT2D eigenvalue weighted by Crippen LogP contribution is -2.28. The number of hydrogen-bond acceptors (Lipinski definition) is 3. The molecular weight excluding hydrogens is 306 g/mol. The minimum atomic E-state index is -0.0344. The van der Waals surface area contributed by atoms with E-state index in [-0.39, 0.29) is 23.0 Å². The zero-order chi connectivity index (χ0) is 16.4. The summed E-state index contributed by atoms with van der Waals surface area (Å²) in [6.45, 7) is 2.08. The average Bonchev–Trinajstić information content (AvgIpc) is 3.28. The summed E-state index contributed by atoms with van der Waals surface area (Å²) in [7, 11) is 3.21. The van der Waals surface area contributed by atoms with Crippen LogP contribution in [0.3, 0.4) is 0 Å². The van der Waals surface area contributed by atoms with E-state index >= 15 is 0 Å². The van der Waals surface area contributed by atoms with Crippen LogP contribution >= 0.6 is 11.8 Å². The number of thioether (sulfide) groups is 1. The van der Waals surface area contributed by atoms with Gasteiger partial charge in [0.1, 0.15) is 0 Å². The Morgan fingerprint density at radius 2 is 1.74 bits per heavy atom. The summed E-state index contributed by atoms with van der Waals surface area (Å²) in [5.74, 6) is 0.255. The van der Waals surface area contributed by atoms with Crippen molar-refractivity contribution in [2.24, 2.45) is 5.92 Å². The smallest absolute Gasteiger partial charge is 0.250 e. The quantitative estimate of drug-likeness (QED) is 0.780. The standard InChI is InChI=1S/C19H21NO2S/c1-13-9-11-14(12-10-13)16-17(19(21)20(2)22-3)18(16)23-15-7-5-4-6-8-15/h4-12,16-18H,1-3H3/t16-,17-,18-/m1/s1. The molecule has 0 spiro atoms. The van der Waals surface area contributed by atoms with Crippen molar-refractivity contribution < 1.29 is 9.63 Å². The SMILES string of the molecule is CON(C)C(=O)[C@H]1[C@H](Sc2ccccc2)[C@@H]1c1ccc(C)cc1. The van der Waals surface area contributed by atoms with Gasteiger partial charge in [-0.2, -0.15) is 0 Å². The van der Waals surface area contributed by atoms with Crippen LogP contribution in [0, 0.1) is 12.8 Å². The van der Waals surface area contributed by atoms with E-state index in [4.69, 9.17) is 4.84 Å². The number of benzene rings is 2. The highest BCUT2D eigenvalue weighted by Crippen LogP contribution is 2.57. The molecule has 23 heavy (non-hydrogen) atoms. The van der Waals surface area contributed by atoms with Gasteiger partial charge in [-0.05, 0) is 24.6 Å². The lowest BCUT2D eigenvalue weighted by molar-refractivity contribution is -0.170. The van der Waals surface area contributed by atoms with Gasteiger partial charge in [0, 0.05) is 23.1 Å². The van der Waals surface area contributed by atoms with E-state index in [9.17, 15) is 4.79 Å². The second-order valence-corrected chi connectivity index (χ2v) is 7.13. The van der Waals surface area contributed by atoms with Crippen LogP contribution in [0.25, 0.3) is 0 Å². The Labute approximate surface area is 141 Å². The van der Waals surface area contributed by atoms with Crippen LogP contribution in [0.5, 0.6) is 0 Å². The fourth-order valence-electron chi connectivity index (χ4n) is 2.87. The van der Waals surface area contributed by atoms with Gasteiger partial charge in [0.05, 0.1) is 13.0 Å². The number of carbonyl (C=O) groups is 1. The molecule has 4 heteroatoms. The largest absolute Gasteiger partial charge is 0.275 e. The highest BCUT2D eigenvalue weighted by atomic mass is 32.2. The molecule has 0 unspecified atom stereocenters. The topological polar surface area (TPSA) is 29.5 Å². The van der Waals surface area contributed by atoms with Crippen molar-refractivity contribution in [3.63, 3.8) is 0 Å². The summed E-state index contributed by atoms with van der Waals surface area (Å²) in [6, 6.07) is 18.8. The third kappa shape index (κ3) is 3.43. The number of hydrogen-bond donors (Lipinski definition) is 0. The minimum Gasteiger partial charge on any atom is -0.275 e. The minimum absolute atomic E-state index is 0.0344. The van der Waals surface area contributed by atoms with Crippen molar-refractivity contribution in [2.45, 2.75) is 23.0 Å². The number of aryl methyl sites for hydroxylation is 1. The van der Waals surface area contributed by atoms with Crippen molar-refractivity contribution in [3.8, 4) is 0 Å². The fourth-order valence-corrected chi connectivity index (χ4v) is 4.31. The van der Waals surface area contributed by atoms with Gasteiger partial charge in [-0.15, -0.1) is 11.8 Å². The number of rotatable bonds is 5. The van der Waals surface area contributed by atoms with Crippen LogP contribution in [-0.2, 0) is 9.63 Å². The molecule has 0 heterocycles. The summed E-state index contributed by atoms with van der Waals surface area (Å²) in [4.78, 5) is 18.9. The molecule has 0 aromatic heterocycles. The second kappa shape index (κ2) is 6.77. The Balaban J connectivity index is 1.82. The molecule has 2 aromatic carbocycles. The summed E-state index contributed by atoms with van der Waals surface area (Å²) < 4.78 is 0. The Kier molecular flexibility index (Phi) is 4.74. The lowest BCUT2D eigenvalue weighted by Gasteiger charge is -2.13. The molecule has 0 radical (unpaired) electrons. The third-order valence-electron chi connectivity index (χ3n) is 4.30. The van der Waals surface area contributed by atoms with E-state index in [0.29, 0.717) is 0 Å². The molecule has 120 valence electrons. The molecule has 0 N–H and O–H groups in total. The molecule has 3 nitrogen and oxygen atoms in total. The normalized spacial score (nSPS) is 22.7. The molecule has 1 aliphatic rings. The number of carbonyl (C=O) groups excluding carboxylic acids is 1. The number of hydroxylamine groups is 2. The predicted octanol–water partition coefficient (Wildman–Crippen LogP) is 3.89. The van der Waals surface area contributed by atoms with Crippen LogP contribution < -0.4 is 0 Å². The monoisotopic (exact) mass is 327 g/mol. The second-order valence-electron chi connectivity index (χ2n) is 5.88. The first kappa shape index (κ1) is 16.1. The van der Waals surface area contributed by atoms with E-state index in [1.807, 2.05) is 18.2 Å². The van der Waals surface area contributed by atoms with E-state index < -0.39 is 0 Å². The number of nitrogens with zero attached hydrogens (tertiary/aromatic N) is 1. The van der Waals surface area contributed by atoms with Crippen molar-refractivity contribution in [1.82, 2.24) is 5.06 Å². The molecule has 1 fully saturated rings. The first-order chi connectivity index (χ1) is 11.1. The Morgan fingerprint density at radius 1 is 1.09 bits per heavy atom. The lowest BCUT2D eigenvalue weighted by atomic mass is 10.1. The molecule has 1 saturated carbocycles. The van der Waals surface area contributed by atoms with Crippen LogP contribution in [0.15, 0.2) is 59.5 Å².